The first-order chi connectivity index (χ1) is 12.0. The van der Waals surface area contributed by atoms with E-state index >= 15 is 0 Å². The number of likely N-dealkylation sites (tertiary alicyclic amines) is 1. The molecule has 1 aliphatic rings. The largest absolute Gasteiger partial charge is 0.322 e. The molecule has 2 atom stereocenters. The van der Waals surface area contributed by atoms with E-state index in [2.05, 4.69) is 25.3 Å². The zero-order valence-electron chi connectivity index (χ0n) is 15.4. The van der Waals surface area contributed by atoms with Crippen LogP contribution in [0.1, 0.15) is 42.8 Å². The molecule has 134 valence electrons. The van der Waals surface area contributed by atoms with Gasteiger partial charge in [0.15, 0.2) is 0 Å². The van der Waals surface area contributed by atoms with Crippen molar-refractivity contribution in [3.8, 4) is 0 Å². The van der Waals surface area contributed by atoms with E-state index in [0.29, 0.717) is 5.92 Å². The molecule has 25 heavy (non-hydrogen) atoms. The SMILES string of the molecule is Cc1nn(C)c(C)c1NC(=O)[C@@H](C)N1CCC[C@H](c2ccncn2)C1. The van der Waals surface area contributed by atoms with Crippen molar-refractivity contribution in [3.63, 3.8) is 0 Å². The van der Waals surface area contributed by atoms with Crippen molar-refractivity contribution in [2.45, 2.75) is 45.6 Å². The maximum Gasteiger partial charge on any atom is 0.241 e. The van der Waals surface area contributed by atoms with Gasteiger partial charge < -0.3 is 5.32 Å². The number of carbonyl (C=O) groups is 1. The molecule has 2 aromatic heterocycles. The van der Waals surface area contributed by atoms with E-state index in [9.17, 15) is 4.79 Å². The van der Waals surface area contributed by atoms with Crippen molar-refractivity contribution < 1.29 is 4.79 Å². The normalized spacial score (nSPS) is 19.6. The Kier molecular flexibility index (Phi) is 5.13. The molecule has 1 N–H and O–H groups in total. The summed E-state index contributed by atoms with van der Waals surface area (Å²) < 4.78 is 1.79. The van der Waals surface area contributed by atoms with Gasteiger partial charge in [-0.05, 0) is 46.2 Å². The number of aromatic nitrogens is 4. The van der Waals surface area contributed by atoms with Crippen LogP contribution in [0.15, 0.2) is 18.6 Å². The molecule has 0 spiro atoms. The number of rotatable bonds is 4. The molecule has 7 heteroatoms. The van der Waals surface area contributed by atoms with Crippen molar-refractivity contribution >= 4 is 11.6 Å². The number of carbonyl (C=O) groups excluding carboxylic acids is 1. The molecular weight excluding hydrogens is 316 g/mol. The number of anilines is 1. The number of amides is 1. The number of nitrogens with zero attached hydrogens (tertiary/aromatic N) is 5. The third kappa shape index (κ3) is 3.71. The fourth-order valence-corrected chi connectivity index (χ4v) is 3.49. The first kappa shape index (κ1) is 17.5. The highest BCUT2D eigenvalue weighted by Gasteiger charge is 2.29. The summed E-state index contributed by atoms with van der Waals surface area (Å²) in [4.78, 5) is 23.4. The Labute approximate surface area is 148 Å². The summed E-state index contributed by atoms with van der Waals surface area (Å²) in [6.07, 6.45) is 5.55. The maximum absolute atomic E-state index is 12.8. The van der Waals surface area contributed by atoms with Gasteiger partial charge in [-0.15, -0.1) is 0 Å². The maximum atomic E-state index is 12.8. The van der Waals surface area contributed by atoms with Gasteiger partial charge >= 0.3 is 0 Å². The molecule has 0 aromatic carbocycles. The molecule has 7 nitrogen and oxygen atoms in total. The summed E-state index contributed by atoms with van der Waals surface area (Å²) in [6, 6.07) is 1.78. The summed E-state index contributed by atoms with van der Waals surface area (Å²) in [6.45, 7) is 7.63. The third-order valence-electron chi connectivity index (χ3n) is 5.16. The van der Waals surface area contributed by atoms with Gasteiger partial charge in [0, 0.05) is 31.4 Å². The standard InChI is InChI=1S/C18H26N6O/c1-12-17(13(2)23(4)22-12)21-18(25)14(3)24-9-5-6-15(10-24)16-7-8-19-11-20-16/h7-8,11,14-15H,5-6,9-10H2,1-4H3,(H,21,25)/t14-,15+/m1/s1. The molecule has 0 aliphatic carbocycles. The lowest BCUT2D eigenvalue weighted by Gasteiger charge is -2.35. The highest BCUT2D eigenvalue weighted by atomic mass is 16.2. The number of nitrogens with one attached hydrogen (secondary N) is 1. The average molecular weight is 342 g/mol. The van der Waals surface area contributed by atoms with Gasteiger partial charge in [0.2, 0.25) is 5.91 Å². The van der Waals surface area contributed by atoms with Crippen LogP contribution in [0.25, 0.3) is 0 Å². The van der Waals surface area contributed by atoms with Crippen LogP contribution in [0.3, 0.4) is 0 Å². The first-order valence-corrected chi connectivity index (χ1v) is 8.78. The van der Waals surface area contributed by atoms with Crippen LogP contribution < -0.4 is 5.32 Å². The van der Waals surface area contributed by atoms with Gasteiger partial charge in [0.25, 0.3) is 0 Å². The van der Waals surface area contributed by atoms with Gasteiger partial charge in [-0.1, -0.05) is 0 Å². The van der Waals surface area contributed by atoms with Gasteiger partial charge in [0.1, 0.15) is 6.33 Å². The molecule has 0 unspecified atom stereocenters. The molecule has 0 radical (unpaired) electrons. The van der Waals surface area contributed by atoms with E-state index in [-0.39, 0.29) is 11.9 Å². The lowest BCUT2D eigenvalue weighted by atomic mass is 9.93. The second-order valence-electron chi connectivity index (χ2n) is 6.80. The minimum atomic E-state index is -0.191. The van der Waals surface area contributed by atoms with Gasteiger partial charge in [-0.2, -0.15) is 5.10 Å². The summed E-state index contributed by atoms with van der Waals surface area (Å²) >= 11 is 0. The lowest BCUT2D eigenvalue weighted by Crippen LogP contribution is -2.46. The van der Waals surface area contributed by atoms with E-state index < -0.39 is 0 Å². The van der Waals surface area contributed by atoms with Gasteiger partial charge in [-0.25, -0.2) is 9.97 Å². The zero-order valence-corrected chi connectivity index (χ0v) is 15.4. The first-order valence-electron chi connectivity index (χ1n) is 8.78. The predicted octanol–water partition coefficient (Wildman–Crippen LogP) is 2.03. The summed E-state index contributed by atoms with van der Waals surface area (Å²) in [7, 11) is 1.89. The molecule has 0 saturated carbocycles. The molecule has 1 saturated heterocycles. The Balaban J connectivity index is 1.67. The Morgan fingerprint density at radius 1 is 1.40 bits per heavy atom. The minimum Gasteiger partial charge on any atom is -0.322 e. The van der Waals surface area contributed by atoms with Crippen LogP contribution in [0.5, 0.6) is 0 Å². The summed E-state index contributed by atoms with van der Waals surface area (Å²) in [5, 5.41) is 7.42. The van der Waals surface area contributed by atoms with Gasteiger partial charge in [-0.3, -0.25) is 14.4 Å². The molecule has 1 fully saturated rings. The van der Waals surface area contributed by atoms with Crippen LogP contribution in [0, 0.1) is 13.8 Å². The molecular formula is C18H26N6O. The van der Waals surface area contributed by atoms with Gasteiger partial charge in [0.05, 0.1) is 23.1 Å². The molecule has 2 aromatic rings. The topological polar surface area (TPSA) is 75.9 Å². The fourth-order valence-electron chi connectivity index (χ4n) is 3.49. The van der Waals surface area contributed by atoms with Crippen molar-refractivity contribution in [2.24, 2.45) is 7.05 Å². The molecule has 0 bridgehead atoms. The highest BCUT2D eigenvalue weighted by molar-refractivity contribution is 5.95. The zero-order chi connectivity index (χ0) is 18.0. The number of aryl methyl sites for hydroxylation is 2. The van der Waals surface area contributed by atoms with Crippen molar-refractivity contribution in [1.82, 2.24) is 24.6 Å². The lowest BCUT2D eigenvalue weighted by molar-refractivity contribution is -0.121. The predicted molar refractivity (Wildman–Crippen MR) is 96.4 cm³/mol. The second kappa shape index (κ2) is 7.31. The average Bonchev–Trinajstić information content (AvgIpc) is 2.88. The summed E-state index contributed by atoms with van der Waals surface area (Å²) in [5.74, 6) is 0.372. The Hall–Kier alpha value is -2.28. The quantitative estimate of drug-likeness (QED) is 0.920. The smallest absolute Gasteiger partial charge is 0.241 e. The molecule has 3 rings (SSSR count). The molecule has 1 amide bonds. The van der Waals surface area contributed by atoms with E-state index in [1.54, 1.807) is 17.2 Å². The number of hydrogen-bond donors (Lipinski definition) is 1. The van der Waals surface area contributed by atoms with Crippen LogP contribution in [0.2, 0.25) is 0 Å². The second-order valence-corrected chi connectivity index (χ2v) is 6.80. The number of piperidine rings is 1. The Morgan fingerprint density at radius 3 is 2.84 bits per heavy atom. The van der Waals surface area contributed by atoms with Crippen LogP contribution >= 0.6 is 0 Å². The third-order valence-corrected chi connectivity index (χ3v) is 5.16. The Morgan fingerprint density at radius 2 is 2.20 bits per heavy atom. The van der Waals surface area contributed by atoms with Crippen molar-refractivity contribution in [1.29, 1.82) is 0 Å². The van der Waals surface area contributed by atoms with E-state index in [1.165, 1.54) is 0 Å². The number of hydrogen-bond acceptors (Lipinski definition) is 5. The highest BCUT2D eigenvalue weighted by Crippen LogP contribution is 2.27. The summed E-state index contributed by atoms with van der Waals surface area (Å²) in [5.41, 5.74) is 3.70. The van der Waals surface area contributed by atoms with Crippen molar-refractivity contribution in [2.75, 3.05) is 18.4 Å². The molecule has 1 aliphatic heterocycles. The van der Waals surface area contributed by atoms with E-state index in [4.69, 9.17) is 0 Å². The Bertz CT molecular complexity index is 742. The monoisotopic (exact) mass is 342 g/mol. The van der Waals surface area contributed by atoms with Crippen molar-refractivity contribution in [3.05, 3.63) is 35.7 Å². The van der Waals surface area contributed by atoms with E-state index in [0.717, 1.165) is 48.7 Å². The van der Waals surface area contributed by atoms with Crippen LogP contribution in [0.4, 0.5) is 5.69 Å². The fraction of sp³-hybridized carbons (Fsp3) is 0.556. The van der Waals surface area contributed by atoms with Crippen LogP contribution in [-0.2, 0) is 11.8 Å². The van der Waals surface area contributed by atoms with Crippen LogP contribution in [-0.4, -0.2) is 49.7 Å². The minimum absolute atomic E-state index is 0.0162. The van der Waals surface area contributed by atoms with E-state index in [1.807, 2.05) is 33.9 Å². The molecule has 3 heterocycles.